The van der Waals surface area contributed by atoms with E-state index in [9.17, 15) is 15.0 Å². The van der Waals surface area contributed by atoms with Gasteiger partial charge in [-0.1, -0.05) is 152 Å². The van der Waals surface area contributed by atoms with Gasteiger partial charge < -0.3 is 52.8 Å². The number of carbonyl (C=O) groups excluding carboxylic acids is 1. The molecule has 0 aromatic heterocycles. The number of hydrogen-bond donors (Lipinski definition) is 2. The van der Waals surface area contributed by atoms with Crippen LogP contribution in [0.25, 0.3) is 0 Å². The summed E-state index contributed by atoms with van der Waals surface area (Å²) in [5, 5.41) is 21.7. The van der Waals surface area contributed by atoms with Gasteiger partial charge in [0.15, 0.2) is 18.7 Å². The Hall–Kier alpha value is -4.83. The summed E-state index contributed by atoms with van der Waals surface area (Å²) < 4.78 is 58.3. The van der Waals surface area contributed by atoms with Crippen LogP contribution >= 0.6 is 0 Å². The van der Waals surface area contributed by atoms with Crippen molar-refractivity contribution in [3.63, 3.8) is 0 Å². The molecule has 0 saturated carbocycles. The first kappa shape index (κ1) is 44.2. The predicted molar refractivity (Wildman–Crippen MR) is 223 cm³/mol. The maximum absolute atomic E-state index is 12.6. The van der Waals surface area contributed by atoms with Crippen LogP contribution in [0.3, 0.4) is 0 Å². The van der Waals surface area contributed by atoms with Gasteiger partial charge in [-0.3, -0.25) is 4.79 Å². The monoisotopic (exact) mass is 834 g/mol. The molecule has 2 aliphatic rings. The van der Waals surface area contributed by atoms with E-state index >= 15 is 0 Å². The highest BCUT2D eigenvalue weighted by Crippen LogP contribution is 2.34. The Balaban J connectivity index is 1.20. The standard InChI is InChI=1S/C49H54O12/c1-34(51)59-47-44(54-29-36-19-9-3-10-20-36)42(52)40(27-50)60-49(47)58-33-41-43(53-28-35-17-7-2-8-18-35)45(55-30-37-21-11-4-12-22-37)46(56-31-38-23-13-5-14-24-38)48(61-41)57-32-39-25-15-6-16-26-39/h2-26,40-50,52H,27-33H2,1H3/t40-,41+,42+,43+,44-,45-,46+,47+,48+,49+/m0/s1. The maximum atomic E-state index is 12.6. The molecule has 61 heavy (non-hydrogen) atoms. The van der Waals surface area contributed by atoms with Crippen molar-refractivity contribution < 1.29 is 57.6 Å². The van der Waals surface area contributed by atoms with Gasteiger partial charge >= 0.3 is 5.97 Å². The number of aliphatic hydroxyl groups excluding tert-OH is 2. The van der Waals surface area contributed by atoms with Crippen LogP contribution in [0.15, 0.2) is 152 Å². The molecule has 5 aromatic carbocycles. The summed E-state index contributed by atoms with van der Waals surface area (Å²) in [5.41, 5.74) is 4.59. The summed E-state index contributed by atoms with van der Waals surface area (Å²) in [5.74, 6) is -0.634. The van der Waals surface area contributed by atoms with Crippen LogP contribution in [0.4, 0.5) is 0 Å². The Morgan fingerprint density at radius 2 is 0.820 bits per heavy atom. The summed E-state index contributed by atoms with van der Waals surface area (Å²) in [7, 11) is 0. The fourth-order valence-corrected chi connectivity index (χ4v) is 7.41. The van der Waals surface area contributed by atoms with E-state index in [1.807, 2.05) is 152 Å². The molecule has 0 spiro atoms. The Bertz CT molecular complexity index is 1990. The summed E-state index contributed by atoms with van der Waals surface area (Å²) >= 11 is 0. The van der Waals surface area contributed by atoms with Crippen LogP contribution < -0.4 is 0 Å². The third-order valence-corrected chi connectivity index (χ3v) is 10.5. The molecule has 2 N–H and O–H groups in total. The number of carbonyl (C=O) groups is 1. The quantitative estimate of drug-likeness (QED) is 0.0852. The lowest BCUT2D eigenvalue weighted by atomic mass is 9.97. The lowest BCUT2D eigenvalue weighted by molar-refractivity contribution is -0.348. The second-order valence-electron chi connectivity index (χ2n) is 15.0. The first-order valence-electron chi connectivity index (χ1n) is 20.6. The van der Waals surface area contributed by atoms with Crippen LogP contribution in [0.5, 0.6) is 0 Å². The largest absolute Gasteiger partial charge is 0.454 e. The van der Waals surface area contributed by atoms with Crippen LogP contribution in [-0.4, -0.2) is 90.8 Å². The second-order valence-corrected chi connectivity index (χ2v) is 15.0. The van der Waals surface area contributed by atoms with E-state index in [-0.39, 0.29) is 39.6 Å². The molecule has 0 amide bonds. The zero-order chi connectivity index (χ0) is 42.2. The Morgan fingerprint density at radius 3 is 1.25 bits per heavy atom. The number of aliphatic hydroxyl groups is 2. The highest BCUT2D eigenvalue weighted by Gasteiger charge is 2.52. The highest BCUT2D eigenvalue weighted by atomic mass is 16.7. The van der Waals surface area contributed by atoms with E-state index in [0.29, 0.717) is 0 Å². The third-order valence-electron chi connectivity index (χ3n) is 10.5. The molecule has 5 aromatic rings. The zero-order valence-electron chi connectivity index (χ0n) is 34.1. The molecule has 0 unspecified atom stereocenters. The summed E-state index contributed by atoms with van der Waals surface area (Å²) in [6, 6.07) is 48.6. The van der Waals surface area contributed by atoms with E-state index in [1.165, 1.54) is 6.92 Å². The van der Waals surface area contributed by atoms with Gasteiger partial charge in [0.2, 0.25) is 0 Å². The van der Waals surface area contributed by atoms with Gasteiger partial charge in [-0.25, -0.2) is 0 Å². The van der Waals surface area contributed by atoms with Gasteiger partial charge in [-0.15, -0.1) is 0 Å². The van der Waals surface area contributed by atoms with E-state index < -0.39 is 74.0 Å². The predicted octanol–water partition coefficient (Wildman–Crippen LogP) is 6.30. The van der Waals surface area contributed by atoms with Gasteiger partial charge in [0, 0.05) is 6.92 Å². The van der Waals surface area contributed by atoms with Crippen LogP contribution in [-0.2, 0) is 80.5 Å². The number of esters is 1. The SMILES string of the molecule is CC(=O)O[C@H]1[C@H](OC[C@H]2O[C@@H](OCc3ccccc3)[C@H](OCc3ccccc3)[C@@H](OCc3ccccc3)[C@@H]2OCc2ccccc2)O[C@@H](CO)[C@@H](O)[C@@H]1OCc1ccccc1. The lowest BCUT2D eigenvalue weighted by Gasteiger charge is -2.47. The molecule has 322 valence electrons. The summed E-state index contributed by atoms with van der Waals surface area (Å²) in [4.78, 5) is 12.6. The number of benzene rings is 5. The smallest absolute Gasteiger partial charge is 0.303 e. The van der Waals surface area contributed by atoms with Gasteiger partial charge in [0.05, 0.1) is 46.2 Å². The number of rotatable bonds is 20. The van der Waals surface area contributed by atoms with Gasteiger partial charge in [-0.2, -0.15) is 0 Å². The minimum absolute atomic E-state index is 0.0948. The van der Waals surface area contributed by atoms with E-state index in [0.717, 1.165) is 27.8 Å². The molecule has 12 nitrogen and oxygen atoms in total. The fourth-order valence-electron chi connectivity index (χ4n) is 7.41. The fraction of sp³-hybridized carbons (Fsp3) is 0.367. The topological polar surface area (TPSA) is 141 Å². The van der Waals surface area contributed by atoms with E-state index in [2.05, 4.69) is 0 Å². The summed E-state index contributed by atoms with van der Waals surface area (Å²) in [6.45, 7) is 1.52. The molecule has 2 fully saturated rings. The van der Waals surface area contributed by atoms with Crippen LogP contribution in [0.2, 0.25) is 0 Å². The van der Waals surface area contributed by atoms with Crippen molar-refractivity contribution in [3.8, 4) is 0 Å². The number of hydrogen-bond acceptors (Lipinski definition) is 12. The van der Waals surface area contributed by atoms with Crippen molar-refractivity contribution in [2.45, 2.75) is 101 Å². The molecule has 0 bridgehead atoms. The summed E-state index contributed by atoms with van der Waals surface area (Å²) in [6.07, 6.45) is -10.3. The van der Waals surface area contributed by atoms with Gasteiger partial charge in [-0.05, 0) is 27.8 Å². The first-order chi connectivity index (χ1) is 29.9. The van der Waals surface area contributed by atoms with Crippen molar-refractivity contribution in [1.82, 2.24) is 0 Å². The molecule has 2 aliphatic heterocycles. The second kappa shape index (κ2) is 22.9. The molecule has 2 heterocycles. The Kier molecular flexibility index (Phi) is 16.6. The molecular weight excluding hydrogens is 781 g/mol. The van der Waals surface area contributed by atoms with E-state index in [4.69, 9.17) is 42.6 Å². The van der Waals surface area contributed by atoms with Gasteiger partial charge in [0.1, 0.15) is 42.7 Å². The molecular formula is C49H54O12. The highest BCUT2D eigenvalue weighted by molar-refractivity contribution is 5.66. The average Bonchev–Trinajstić information content (AvgIpc) is 3.30. The molecule has 0 aliphatic carbocycles. The lowest BCUT2D eigenvalue weighted by Crippen LogP contribution is -2.63. The van der Waals surface area contributed by atoms with E-state index in [1.54, 1.807) is 0 Å². The van der Waals surface area contributed by atoms with Crippen molar-refractivity contribution in [3.05, 3.63) is 179 Å². The van der Waals surface area contributed by atoms with Crippen molar-refractivity contribution in [2.24, 2.45) is 0 Å². The molecule has 10 atom stereocenters. The van der Waals surface area contributed by atoms with Crippen LogP contribution in [0, 0.1) is 0 Å². The minimum atomic E-state index is -1.35. The normalized spacial score (nSPS) is 26.4. The molecule has 0 radical (unpaired) electrons. The Morgan fingerprint density at radius 1 is 0.459 bits per heavy atom. The Labute approximate surface area is 356 Å². The first-order valence-corrected chi connectivity index (χ1v) is 20.6. The number of ether oxygens (including phenoxy) is 9. The molecule has 2 saturated heterocycles. The van der Waals surface area contributed by atoms with Crippen molar-refractivity contribution in [1.29, 1.82) is 0 Å². The van der Waals surface area contributed by atoms with Crippen LogP contribution in [0.1, 0.15) is 34.7 Å². The van der Waals surface area contributed by atoms with Crippen molar-refractivity contribution >= 4 is 5.97 Å². The molecule has 12 heteroatoms. The maximum Gasteiger partial charge on any atom is 0.303 e. The average molecular weight is 835 g/mol. The third kappa shape index (κ3) is 12.6. The minimum Gasteiger partial charge on any atom is -0.454 e. The van der Waals surface area contributed by atoms with Gasteiger partial charge in [0.25, 0.3) is 0 Å². The zero-order valence-corrected chi connectivity index (χ0v) is 34.1. The van der Waals surface area contributed by atoms with Crippen molar-refractivity contribution in [2.75, 3.05) is 13.2 Å². The molecule has 7 rings (SSSR count).